The maximum Gasteiger partial charge on any atom is 0.326 e. The van der Waals surface area contributed by atoms with E-state index in [1.807, 2.05) is 31.2 Å². The van der Waals surface area contributed by atoms with Crippen LogP contribution in [0.15, 0.2) is 41.2 Å². The van der Waals surface area contributed by atoms with E-state index in [0.717, 1.165) is 23.7 Å². The molecule has 0 fully saturated rings. The van der Waals surface area contributed by atoms with Crippen molar-refractivity contribution in [1.29, 1.82) is 0 Å². The van der Waals surface area contributed by atoms with Crippen LogP contribution in [0.4, 0.5) is 0 Å². The van der Waals surface area contributed by atoms with Crippen molar-refractivity contribution in [3.05, 3.63) is 46.8 Å². The highest BCUT2D eigenvalue weighted by atomic mass is 16.5. The molecule has 0 spiro atoms. The molecule has 1 heterocycles. The Morgan fingerprint density at radius 3 is 2.79 bits per heavy atom. The van der Waals surface area contributed by atoms with Crippen LogP contribution in [0.1, 0.15) is 19.8 Å². The predicted molar refractivity (Wildman–Crippen MR) is 74.1 cm³/mol. The highest BCUT2D eigenvalue weighted by molar-refractivity contribution is 5.80. The van der Waals surface area contributed by atoms with Gasteiger partial charge in [-0.3, -0.25) is 14.2 Å². The maximum atomic E-state index is 11.9. The third-order valence-corrected chi connectivity index (χ3v) is 2.95. The fourth-order valence-corrected chi connectivity index (χ4v) is 1.91. The first-order valence-electron chi connectivity index (χ1n) is 6.46. The summed E-state index contributed by atoms with van der Waals surface area (Å²) in [6.07, 6.45) is 1.82. The molecule has 0 unspecified atom stereocenters. The van der Waals surface area contributed by atoms with Gasteiger partial charge in [-0.2, -0.15) is 0 Å². The van der Waals surface area contributed by atoms with E-state index < -0.39 is 0 Å². The van der Waals surface area contributed by atoms with Crippen molar-refractivity contribution < 1.29 is 9.53 Å². The van der Waals surface area contributed by atoms with Gasteiger partial charge in [0.1, 0.15) is 6.54 Å². The Kier molecular flexibility index (Phi) is 4.34. The third kappa shape index (κ3) is 3.22. The summed E-state index contributed by atoms with van der Waals surface area (Å²) in [4.78, 5) is 23.6. The second-order valence-electron chi connectivity index (χ2n) is 4.39. The van der Waals surface area contributed by atoms with E-state index in [4.69, 9.17) is 4.74 Å². The molecular formula is C15H17NO3. The van der Waals surface area contributed by atoms with Crippen LogP contribution >= 0.6 is 0 Å². The van der Waals surface area contributed by atoms with Crippen LogP contribution in [0.5, 0.6) is 0 Å². The Morgan fingerprint density at radius 1 is 1.21 bits per heavy atom. The molecule has 1 aromatic heterocycles. The van der Waals surface area contributed by atoms with E-state index in [2.05, 4.69) is 0 Å². The minimum absolute atomic E-state index is 0.0378. The summed E-state index contributed by atoms with van der Waals surface area (Å²) in [7, 11) is 0. The minimum Gasteiger partial charge on any atom is -0.464 e. The zero-order chi connectivity index (χ0) is 13.7. The fourth-order valence-electron chi connectivity index (χ4n) is 1.91. The lowest BCUT2D eigenvalue weighted by molar-refractivity contribution is -0.144. The Labute approximate surface area is 111 Å². The van der Waals surface area contributed by atoms with E-state index in [1.165, 1.54) is 10.6 Å². The van der Waals surface area contributed by atoms with Gasteiger partial charge < -0.3 is 4.74 Å². The van der Waals surface area contributed by atoms with Gasteiger partial charge in [0, 0.05) is 6.07 Å². The number of para-hydroxylation sites is 1. The summed E-state index contributed by atoms with van der Waals surface area (Å²) >= 11 is 0. The van der Waals surface area contributed by atoms with E-state index in [1.54, 1.807) is 6.07 Å². The van der Waals surface area contributed by atoms with E-state index in [-0.39, 0.29) is 18.1 Å². The van der Waals surface area contributed by atoms with Gasteiger partial charge in [-0.05, 0) is 23.9 Å². The average molecular weight is 259 g/mol. The van der Waals surface area contributed by atoms with Crippen LogP contribution in [0.3, 0.4) is 0 Å². The minimum atomic E-state index is -0.369. The van der Waals surface area contributed by atoms with Gasteiger partial charge in [0.2, 0.25) is 0 Å². The zero-order valence-corrected chi connectivity index (χ0v) is 11.0. The second-order valence-corrected chi connectivity index (χ2v) is 4.39. The van der Waals surface area contributed by atoms with Crippen molar-refractivity contribution in [3.63, 3.8) is 0 Å². The van der Waals surface area contributed by atoms with Gasteiger partial charge in [-0.1, -0.05) is 31.5 Å². The lowest BCUT2D eigenvalue weighted by Crippen LogP contribution is -2.25. The molecule has 0 bridgehead atoms. The smallest absolute Gasteiger partial charge is 0.326 e. The van der Waals surface area contributed by atoms with Gasteiger partial charge in [-0.15, -0.1) is 0 Å². The zero-order valence-electron chi connectivity index (χ0n) is 11.0. The van der Waals surface area contributed by atoms with Crippen LogP contribution in [0, 0.1) is 0 Å². The summed E-state index contributed by atoms with van der Waals surface area (Å²) in [6, 6.07) is 10.7. The normalized spacial score (nSPS) is 10.6. The quantitative estimate of drug-likeness (QED) is 0.611. The lowest BCUT2D eigenvalue weighted by Gasteiger charge is -2.09. The largest absolute Gasteiger partial charge is 0.464 e. The molecule has 0 atom stereocenters. The molecule has 4 heteroatoms. The van der Waals surface area contributed by atoms with Gasteiger partial charge >= 0.3 is 5.97 Å². The van der Waals surface area contributed by atoms with Crippen molar-refractivity contribution in [1.82, 2.24) is 4.57 Å². The van der Waals surface area contributed by atoms with Crippen LogP contribution in [0.2, 0.25) is 0 Å². The highest BCUT2D eigenvalue weighted by Gasteiger charge is 2.08. The van der Waals surface area contributed by atoms with Crippen molar-refractivity contribution >= 4 is 16.9 Å². The topological polar surface area (TPSA) is 48.3 Å². The molecule has 0 amide bonds. The second kappa shape index (κ2) is 6.18. The molecule has 0 saturated carbocycles. The van der Waals surface area contributed by atoms with Gasteiger partial charge in [0.15, 0.2) is 0 Å². The van der Waals surface area contributed by atoms with Gasteiger partial charge in [0.25, 0.3) is 5.56 Å². The molecule has 100 valence electrons. The van der Waals surface area contributed by atoms with E-state index >= 15 is 0 Å². The number of rotatable bonds is 5. The Hall–Kier alpha value is -2.10. The number of aromatic nitrogens is 1. The molecular weight excluding hydrogens is 242 g/mol. The number of hydrogen-bond acceptors (Lipinski definition) is 3. The summed E-state index contributed by atoms with van der Waals surface area (Å²) in [6.45, 7) is 2.40. The number of esters is 1. The van der Waals surface area contributed by atoms with Crippen LogP contribution in [-0.2, 0) is 16.1 Å². The average Bonchev–Trinajstić information content (AvgIpc) is 2.42. The molecule has 1 aromatic carbocycles. The molecule has 0 N–H and O–H groups in total. The molecule has 2 aromatic rings. The Morgan fingerprint density at radius 2 is 2.00 bits per heavy atom. The maximum absolute atomic E-state index is 11.9. The molecule has 0 aliphatic rings. The number of benzene rings is 1. The first-order chi connectivity index (χ1) is 9.22. The summed E-state index contributed by atoms with van der Waals surface area (Å²) < 4.78 is 6.54. The highest BCUT2D eigenvalue weighted by Crippen LogP contribution is 2.10. The first-order valence-corrected chi connectivity index (χ1v) is 6.46. The molecule has 0 aliphatic carbocycles. The molecule has 4 nitrogen and oxygen atoms in total. The number of carbonyl (C=O) groups excluding carboxylic acids is 1. The third-order valence-electron chi connectivity index (χ3n) is 2.95. The number of ether oxygens (including phenoxy) is 1. The number of nitrogens with zero attached hydrogens (tertiary/aromatic N) is 1. The Bertz CT molecular complexity index is 631. The standard InChI is InChI=1S/C15H17NO3/c1-2-3-10-19-15(18)11-16-13-7-5-4-6-12(13)8-9-14(16)17/h4-9H,2-3,10-11H2,1H3. The van der Waals surface area contributed by atoms with Gasteiger partial charge in [-0.25, -0.2) is 0 Å². The van der Waals surface area contributed by atoms with Gasteiger partial charge in [0.05, 0.1) is 12.1 Å². The lowest BCUT2D eigenvalue weighted by atomic mass is 10.2. The summed E-state index contributed by atoms with van der Waals surface area (Å²) in [5.41, 5.74) is 0.564. The van der Waals surface area contributed by atoms with Crippen LogP contribution in [0.25, 0.3) is 10.9 Å². The summed E-state index contributed by atoms with van der Waals surface area (Å²) in [5, 5.41) is 0.934. The first kappa shape index (κ1) is 13.3. The summed E-state index contributed by atoms with van der Waals surface area (Å²) in [5.74, 6) is -0.369. The fraction of sp³-hybridized carbons (Fsp3) is 0.333. The number of carbonyl (C=O) groups is 1. The molecule has 19 heavy (non-hydrogen) atoms. The predicted octanol–water partition coefficient (Wildman–Crippen LogP) is 2.34. The molecule has 0 saturated heterocycles. The number of pyridine rings is 1. The molecule has 0 aliphatic heterocycles. The molecule has 0 radical (unpaired) electrons. The van der Waals surface area contributed by atoms with Crippen LogP contribution in [-0.4, -0.2) is 17.1 Å². The Balaban J connectivity index is 2.22. The van der Waals surface area contributed by atoms with E-state index in [0.29, 0.717) is 6.61 Å². The SMILES string of the molecule is CCCCOC(=O)Cn1c(=O)ccc2ccccc21. The van der Waals surface area contributed by atoms with Crippen molar-refractivity contribution in [3.8, 4) is 0 Å². The monoisotopic (exact) mass is 259 g/mol. The number of fused-ring (bicyclic) bond motifs is 1. The van der Waals surface area contributed by atoms with Crippen molar-refractivity contribution in [2.45, 2.75) is 26.3 Å². The van der Waals surface area contributed by atoms with E-state index in [9.17, 15) is 9.59 Å². The van der Waals surface area contributed by atoms with Crippen molar-refractivity contribution in [2.75, 3.05) is 6.61 Å². The van der Waals surface area contributed by atoms with Crippen molar-refractivity contribution in [2.24, 2.45) is 0 Å². The number of hydrogen-bond donors (Lipinski definition) is 0. The number of unbranched alkanes of at least 4 members (excludes halogenated alkanes) is 1. The van der Waals surface area contributed by atoms with Crippen LogP contribution < -0.4 is 5.56 Å². The molecule has 2 rings (SSSR count).